The van der Waals surface area contributed by atoms with Crippen LogP contribution in [-0.4, -0.2) is 9.13 Å². The molecular formula is C36H22N2O. The number of rotatable bonds is 2. The molecule has 0 bridgehead atoms. The highest BCUT2D eigenvalue weighted by atomic mass is 16.3. The highest BCUT2D eigenvalue weighted by molar-refractivity contribution is 6.24. The molecule has 3 aromatic heterocycles. The molecule has 0 atom stereocenters. The van der Waals surface area contributed by atoms with Crippen molar-refractivity contribution in [3.05, 3.63) is 133 Å². The molecule has 3 heteroatoms. The monoisotopic (exact) mass is 498 g/mol. The van der Waals surface area contributed by atoms with E-state index in [9.17, 15) is 0 Å². The highest BCUT2D eigenvalue weighted by Gasteiger charge is 2.21. The fraction of sp³-hybridized carbons (Fsp3) is 0. The van der Waals surface area contributed by atoms with Crippen molar-refractivity contribution in [2.24, 2.45) is 0 Å². The minimum Gasteiger partial charge on any atom is -0.456 e. The van der Waals surface area contributed by atoms with Crippen molar-refractivity contribution in [3.63, 3.8) is 0 Å². The Morgan fingerprint density at radius 2 is 0.846 bits per heavy atom. The van der Waals surface area contributed by atoms with E-state index >= 15 is 0 Å². The molecule has 6 aromatic carbocycles. The summed E-state index contributed by atoms with van der Waals surface area (Å²) < 4.78 is 11.2. The van der Waals surface area contributed by atoms with Crippen molar-refractivity contribution < 1.29 is 4.42 Å². The minimum absolute atomic E-state index is 0.905. The average molecular weight is 499 g/mol. The summed E-state index contributed by atoms with van der Waals surface area (Å²) in [5.74, 6) is 0. The fourth-order valence-corrected chi connectivity index (χ4v) is 6.54. The molecule has 0 aliphatic heterocycles. The van der Waals surface area contributed by atoms with Crippen LogP contribution in [0.15, 0.2) is 138 Å². The lowest BCUT2D eigenvalue weighted by Gasteiger charge is -2.17. The molecule has 0 spiro atoms. The summed E-state index contributed by atoms with van der Waals surface area (Å²) in [6.45, 7) is 0. The van der Waals surface area contributed by atoms with Crippen LogP contribution in [0.3, 0.4) is 0 Å². The molecular weight excluding hydrogens is 476 g/mol. The zero-order valence-corrected chi connectivity index (χ0v) is 21.0. The first-order valence-electron chi connectivity index (χ1n) is 13.3. The van der Waals surface area contributed by atoms with E-state index in [-0.39, 0.29) is 0 Å². The van der Waals surface area contributed by atoms with E-state index in [4.69, 9.17) is 4.42 Å². The van der Waals surface area contributed by atoms with E-state index in [2.05, 4.69) is 137 Å². The highest BCUT2D eigenvalue weighted by Crippen LogP contribution is 2.42. The van der Waals surface area contributed by atoms with Crippen molar-refractivity contribution in [3.8, 4) is 11.4 Å². The summed E-state index contributed by atoms with van der Waals surface area (Å²) in [7, 11) is 0. The maximum Gasteiger partial charge on any atom is 0.137 e. The van der Waals surface area contributed by atoms with Crippen LogP contribution in [0.5, 0.6) is 0 Å². The number of fused-ring (bicyclic) bond motifs is 10. The van der Waals surface area contributed by atoms with Gasteiger partial charge in [-0.2, -0.15) is 0 Å². The van der Waals surface area contributed by atoms with Crippen molar-refractivity contribution in [1.29, 1.82) is 0 Å². The summed E-state index contributed by atoms with van der Waals surface area (Å²) in [6, 6.07) is 47.5. The van der Waals surface area contributed by atoms with Gasteiger partial charge in [0, 0.05) is 26.9 Å². The van der Waals surface area contributed by atoms with Gasteiger partial charge in [-0.1, -0.05) is 84.9 Å². The number of hydrogen-bond acceptors (Lipinski definition) is 1. The molecule has 3 nitrogen and oxygen atoms in total. The molecule has 0 amide bonds. The first-order chi connectivity index (χ1) is 19.4. The Labute approximate surface area is 223 Å². The van der Waals surface area contributed by atoms with Gasteiger partial charge in [-0.25, -0.2) is 0 Å². The second-order valence-corrected chi connectivity index (χ2v) is 10.1. The van der Waals surface area contributed by atoms with E-state index in [0.29, 0.717) is 0 Å². The Balaban J connectivity index is 1.50. The molecule has 0 fully saturated rings. The van der Waals surface area contributed by atoms with Gasteiger partial charge in [0.2, 0.25) is 0 Å². The summed E-state index contributed by atoms with van der Waals surface area (Å²) in [4.78, 5) is 0. The topological polar surface area (TPSA) is 23.0 Å². The van der Waals surface area contributed by atoms with Gasteiger partial charge in [-0.3, -0.25) is 0 Å². The smallest absolute Gasteiger partial charge is 0.137 e. The lowest BCUT2D eigenvalue weighted by atomic mass is 10.1. The molecule has 39 heavy (non-hydrogen) atoms. The van der Waals surface area contributed by atoms with Crippen LogP contribution in [0.1, 0.15) is 0 Å². The number of hydrogen-bond donors (Lipinski definition) is 0. The number of furan rings is 1. The van der Waals surface area contributed by atoms with Crippen molar-refractivity contribution in [2.45, 2.75) is 0 Å². The Hall–Kier alpha value is -5.28. The molecule has 0 aliphatic rings. The molecule has 0 N–H and O–H groups in total. The maximum absolute atomic E-state index is 6.35. The molecule has 9 aromatic rings. The number of para-hydroxylation sites is 6. The van der Waals surface area contributed by atoms with Crippen molar-refractivity contribution in [2.75, 3.05) is 0 Å². The van der Waals surface area contributed by atoms with Crippen molar-refractivity contribution in [1.82, 2.24) is 9.13 Å². The molecule has 0 saturated carbocycles. The predicted molar refractivity (Wildman–Crippen MR) is 162 cm³/mol. The Morgan fingerprint density at radius 1 is 0.359 bits per heavy atom. The molecule has 0 saturated heterocycles. The first-order valence-corrected chi connectivity index (χ1v) is 13.3. The van der Waals surface area contributed by atoms with E-state index in [1.54, 1.807) is 0 Å². The molecule has 0 radical (unpaired) electrons. The molecule has 182 valence electrons. The SMILES string of the molecule is c1ccc(-n2c3ccccc3c3ccc4oc5ccccc5c4c32)c(-n2c3ccccc3c3ccccc32)c1. The zero-order valence-electron chi connectivity index (χ0n) is 21.0. The van der Waals surface area contributed by atoms with Crippen LogP contribution in [-0.2, 0) is 0 Å². The van der Waals surface area contributed by atoms with E-state index in [1.807, 2.05) is 6.07 Å². The fourth-order valence-electron chi connectivity index (χ4n) is 6.54. The van der Waals surface area contributed by atoms with Crippen LogP contribution >= 0.6 is 0 Å². The third-order valence-electron chi connectivity index (χ3n) is 8.12. The summed E-state index contributed by atoms with van der Waals surface area (Å²) in [5, 5.41) is 7.26. The van der Waals surface area contributed by atoms with Crippen LogP contribution in [0.25, 0.3) is 76.9 Å². The summed E-state index contributed by atoms with van der Waals surface area (Å²) in [5.41, 5.74) is 8.84. The van der Waals surface area contributed by atoms with Crippen LogP contribution in [0.2, 0.25) is 0 Å². The largest absolute Gasteiger partial charge is 0.456 e. The Kier molecular flexibility index (Phi) is 4.05. The van der Waals surface area contributed by atoms with E-state index < -0.39 is 0 Å². The minimum atomic E-state index is 0.905. The van der Waals surface area contributed by atoms with Crippen LogP contribution in [0, 0.1) is 0 Å². The lowest BCUT2D eigenvalue weighted by molar-refractivity contribution is 0.669. The third kappa shape index (κ3) is 2.71. The lowest BCUT2D eigenvalue weighted by Crippen LogP contribution is -2.03. The van der Waals surface area contributed by atoms with Gasteiger partial charge in [-0.15, -0.1) is 0 Å². The third-order valence-corrected chi connectivity index (χ3v) is 8.12. The van der Waals surface area contributed by atoms with Gasteiger partial charge in [0.15, 0.2) is 0 Å². The van der Waals surface area contributed by atoms with Gasteiger partial charge in [0.05, 0.1) is 38.8 Å². The number of nitrogens with zero attached hydrogens (tertiary/aromatic N) is 2. The quantitative estimate of drug-likeness (QED) is 0.233. The maximum atomic E-state index is 6.35. The summed E-state index contributed by atoms with van der Waals surface area (Å²) in [6.07, 6.45) is 0. The second-order valence-electron chi connectivity index (χ2n) is 10.1. The van der Waals surface area contributed by atoms with Gasteiger partial charge in [-0.05, 0) is 48.5 Å². The molecule has 0 unspecified atom stereocenters. The first kappa shape index (κ1) is 20.7. The molecule has 9 rings (SSSR count). The predicted octanol–water partition coefficient (Wildman–Crippen LogP) is 9.78. The normalized spacial score (nSPS) is 12.1. The van der Waals surface area contributed by atoms with Crippen molar-refractivity contribution >= 4 is 65.6 Å². The van der Waals surface area contributed by atoms with Gasteiger partial charge < -0.3 is 13.6 Å². The molecule has 3 heterocycles. The van der Waals surface area contributed by atoms with E-state index in [1.165, 1.54) is 43.6 Å². The van der Waals surface area contributed by atoms with Gasteiger partial charge in [0.1, 0.15) is 11.2 Å². The Bertz CT molecular complexity index is 2350. The average Bonchev–Trinajstić information content (AvgIpc) is 3.65. The molecule has 0 aliphatic carbocycles. The zero-order chi connectivity index (χ0) is 25.5. The number of aromatic nitrogens is 2. The Morgan fingerprint density at radius 3 is 1.51 bits per heavy atom. The number of benzene rings is 6. The standard InChI is InChI=1S/C36H22N2O/c1-5-15-28-23(11-1)24-12-2-6-16-29(24)37(28)31-18-8-9-19-32(31)38-30-17-7-3-13-25(30)26-21-22-34-35(36(26)38)27-14-4-10-20-33(27)39-34/h1-22H. The van der Waals surface area contributed by atoms with Crippen LogP contribution in [0.4, 0.5) is 0 Å². The van der Waals surface area contributed by atoms with Gasteiger partial charge in [0.25, 0.3) is 0 Å². The second kappa shape index (κ2) is 7.62. The van der Waals surface area contributed by atoms with E-state index in [0.717, 1.165) is 33.3 Å². The van der Waals surface area contributed by atoms with Crippen LogP contribution < -0.4 is 0 Å². The summed E-state index contributed by atoms with van der Waals surface area (Å²) >= 11 is 0. The van der Waals surface area contributed by atoms with Gasteiger partial charge >= 0.3 is 0 Å².